The zero-order valence-electron chi connectivity index (χ0n) is 14.1. The molecule has 21 heavy (non-hydrogen) atoms. The van der Waals surface area contributed by atoms with Crippen molar-refractivity contribution in [3.05, 3.63) is 35.2 Å². The topological polar surface area (TPSA) is 43.8 Å². The predicted octanol–water partition coefficient (Wildman–Crippen LogP) is 4.53. The number of nitrogen functional groups attached to an aromatic ring is 1. The van der Waals surface area contributed by atoms with E-state index < -0.39 is 0 Å². The molecule has 0 saturated carbocycles. The van der Waals surface area contributed by atoms with Gasteiger partial charge in [0.25, 0.3) is 0 Å². The molecule has 0 fully saturated rings. The average Bonchev–Trinajstić information content (AvgIpc) is 2.67. The summed E-state index contributed by atoms with van der Waals surface area (Å²) in [6.07, 6.45) is 0. The number of nitrogens with two attached hydrogens (primary N) is 1. The Balaban J connectivity index is 2.59. The van der Waals surface area contributed by atoms with E-state index in [1.807, 2.05) is 0 Å². The molecule has 0 bridgehead atoms. The summed E-state index contributed by atoms with van der Waals surface area (Å²) in [5.74, 6) is 2.78. The Morgan fingerprint density at radius 1 is 1.14 bits per heavy atom. The van der Waals surface area contributed by atoms with Crippen molar-refractivity contribution >= 4 is 5.82 Å². The monoisotopic (exact) mass is 285 g/mol. The molecule has 2 aromatic rings. The lowest BCUT2D eigenvalue weighted by molar-refractivity contribution is 0.502. The summed E-state index contributed by atoms with van der Waals surface area (Å²) in [4.78, 5) is 4.86. The highest BCUT2D eigenvalue weighted by Gasteiger charge is 2.19. The summed E-state index contributed by atoms with van der Waals surface area (Å²) < 4.78 is 2.18. The average molecular weight is 285 g/mol. The molecule has 0 spiro atoms. The maximum absolute atomic E-state index is 6.43. The van der Waals surface area contributed by atoms with Gasteiger partial charge in [-0.05, 0) is 25.3 Å². The molecule has 0 unspecified atom stereocenters. The Bertz CT molecular complexity index is 636. The van der Waals surface area contributed by atoms with Crippen molar-refractivity contribution in [1.82, 2.24) is 9.55 Å². The molecule has 3 nitrogen and oxygen atoms in total. The molecule has 1 heterocycles. The molecule has 1 aromatic heterocycles. The molecule has 3 heteroatoms. The van der Waals surface area contributed by atoms with E-state index in [1.165, 1.54) is 11.1 Å². The quantitative estimate of drug-likeness (QED) is 0.897. The smallest absolute Gasteiger partial charge is 0.131 e. The highest BCUT2D eigenvalue weighted by atomic mass is 15.1. The van der Waals surface area contributed by atoms with E-state index in [1.54, 1.807) is 0 Å². The van der Waals surface area contributed by atoms with Crippen LogP contribution in [-0.2, 0) is 6.54 Å². The lowest BCUT2D eigenvalue weighted by Gasteiger charge is -2.14. The molecule has 0 aliphatic heterocycles. The highest BCUT2D eigenvalue weighted by Crippen LogP contribution is 2.32. The Hall–Kier alpha value is -1.77. The molecule has 0 saturated heterocycles. The highest BCUT2D eigenvalue weighted by molar-refractivity contribution is 5.74. The van der Waals surface area contributed by atoms with Crippen molar-refractivity contribution in [2.45, 2.75) is 54.0 Å². The third-order valence-electron chi connectivity index (χ3n) is 3.74. The number of aryl methyl sites for hydroxylation is 2. The number of anilines is 1. The van der Waals surface area contributed by atoms with Gasteiger partial charge in [0.05, 0.1) is 0 Å². The summed E-state index contributed by atoms with van der Waals surface area (Å²) in [7, 11) is 0. The van der Waals surface area contributed by atoms with Gasteiger partial charge in [-0.2, -0.15) is 0 Å². The van der Waals surface area contributed by atoms with Crippen molar-refractivity contribution in [1.29, 1.82) is 0 Å². The second kappa shape index (κ2) is 5.92. The predicted molar refractivity (Wildman–Crippen MR) is 90.5 cm³/mol. The van der Waals surface area contributed by atoms with Crippen LogP contribution in [0.3, 0.4) is 0 Å². The summed E-state index contributed by atoms with van der Waals surface area (Å²) >= 11 is 0. The second-order valence-corrected chi connectivity index (χ2v) is 6.68. The van der Waals surface area contributed by atoms with Gasteiger partial charge >= 0.3 is 0 Å². The summed E-state index contributed by atoms with van der Waals surface area (Å²) in [5, 5.41) is 0. The first-order chi connectivity index (χ1) is 9.81. The maximum atomic E-state index is 6.43. The van der Waals surface area contributed by atoms with Crippen LogP contribution in [0.5, 0.6) is 0 Å². The van der Waals surface area contributed by atoms with Crippen LogP contribution in [-0.4, -0.2) is 9.55 Å². The van der Waals surface area contributed by atoms with Crippen LogP contribution in [0.15, 0.2) is 18.2 Å². The normalized spacial score (nSPS) is 11.6. The van der Waals surface area contributed by atoms with Gasteiger partial charge < -0.3 is 10.3 Å². The minimum atomic E-state index is 0.366. The van der Waals surface area contributed by atoms with Gasteiger partial charge in [-0.15, -0.1) is 0 Å². The molecule has 1 aromatic carbocycles. The van der Waals surface area contributed by atoms with Gasteiger partial charge in [0.1, 0.15) is 17.3 Å². The number of imidazole rings is 1. The first-order valence-electron chi connectivity index (χ1n) is 7.74. The number of hydrogen-bond acceptors (Lipinski definition) is 2. The van der Waals surface area contributed by atoms with Crippen LogP contribution < -0.4 is 5.73 Å². The first-order valence-corrected chi connectivity index (χ1v) is 7.74. The molecule has 0 aliphatic carbocycles. The number of hydrogen-bond donors (Lipinski definition) is 1. The number of rotatable bonds is 4. The summed E-state index contributed by atoms with van der Waals surface area (Å²) in [5.41, 5.74) is 11.0. The van der Waals surface area contributed by atoms with Crippen molar-refractivity contribution < 1.29 is 0 Å². The summed E-state index contributed by atoms with van der Waals surface area (Å²) in [6, 6.07) is 6.44. The Kier molecular flexibility index (Phi) is 4.40. The Morgan fingerprint density at radius 3 is 2.33 bits per heavy atom. The molecule has 2 N–H and O–H groups in total. The molecular formula is C18H27N3. The number of aromatic nitrogens is 2. The van der Waals surface area contributed by atoms with E-state index in [9.17, 15) is 0 Å². The van der Waals surface area contributed by atoms with Gasteiger partial charge in [0, 0.05) is 18.0 Å². The van der Waals surface area contributed by atoms with Crippen molar-refractivity contribution in [2.24, 2.45) is 5.92 Å². The number of nitrogens with zero attached hydrogens (tertiary/aromatic N) is 2. The minimum absolute atomic E-state index is 0.366. The number of benzene rings is 1. The fourth-order valence-electron chi connectivity index (χ4n) is 2.76. The van der Waals surface area contributed by atoms with Crippen LogP contribution >= 0.6 is 0 Å². The van der Waals surface area contributed by atoms with Crippen molar-refractivity contribution in [2.75, 3.05) is 5.73 Å². The van der Waals surface area contributed by atoms with Gasteiger partial charge in [-0.1, -0.05) is 51.5 Å². The largest absolute Gasteiger partial charge is 0.383 e. The first kappa shape index (κ1) is 15.6. The standard InChI is InChI=1S/C18H27N3/c1-11(2)10-21-17(19)16(20-18(21)12(3)4)15-8-7-13(5)9-14(15)6/h7-9,11-12H,10,19H2,1-6H3. The van der Waals surface area contributed by atoms with Crippen molar-refractivity contribution in [3.8, 4) is 11.3 Å². The van der Waals surface area contributed by atoms with E-state index in [2.05, 4.69) is 64.3 Å². The van der Waals surface area contributed by atoms with E-state index in [-0.39, 0.29) is 0 Å². The van der Waals surface area contributed by atoms with E-state index in [4.69, 9.17) is 10.7 Å². The Morgan fingerprint density at radius 2 is 1.81 bits per heavy atom. The molecule has 0 radical (unpaired) electrons. The van der Waals surface area contributed by atoms with Gasteiger partial charge in [0.2, 0.25) is 0 Å². The fourth-order valence-corrected chi connectivity index (χ4v) is 2.76. The van der Waals surface area contributed by atoms with Gasteiger partial charge in [-0.3, -0.25) is 0 Å². The fraction of sp³-hybridized carbons (Fsp3) is 0.500. The second-order valence-electron chi connectivity index (χ2n) is 6.68. The molecule has 0 aliphatic rings. The molecule has 114 valence electrons. The van der Waals surface area contributed by atoms with E-state index in [0.717, 1.165) is 29.4 Å². The van der Waals surface area contributed by atoms with Crippen LogP contribution in [0.1, 0.15) is 50.6 Å². The Labute approximate surface area is 128 Å². The van der Waals surface area contributed by atoms with Crippen LogP contribution in [0.2, 0.25) is 0 Å². The van der Waals surface area contributed by atoms with Crippen LogP contribution in [0.4, 0.5) is 5.82 Å². The third kappa shape index (κ3) is 3.12. The van der Waals surface area contributed by atoms with E-state index in [0.29, 0.717) is 11.8 Å². The molecule has 2 rings (SSSR count). The zero-order chi connectivity index (χ0) is 15.7. The van der Waals surface area contributed by atoms with Crippen molar-refractivity contribution in [3.63, 3.8) is 0 Å². The lowest BCUT2D eigenvalue weighted by Crippen LogP contribution is -2.12. The zero-order valence-corrected chi connectivity index (χ0v) is 14.1. The third-order valence-corrected chi connectivity index (χ3v) is 3.74. The lowest BCUT2D eigenvalue weighted by atomic mass is 10.0. The SMILES string of the molecule is Cc1ccc(-c2nc(C(C)C)n(CC(C)C)c2N)c(C)c1. The van der Waals surface area contributed by atoms with Crippen LogP contribution in [0.25, 0.3) is 11.3 Å². The van der Waals surface area contributed by atoms with Crippen LogP contribution in [0, 0.1) is 19.8 Å². The maximum Gasteiger partial charge on any atom is 0.131 e. The molecule has 0 atom stereocenters. The minimum Gasteiger partial charge on any atom is -0.383 e. The molecule has 0 amide bonds. The van der Waals surface area contributed by atoms with Gasteiger partial charge in [0.15, 0.2) is 0 Å². The van der Waals surface area contributed by atoms with E-state index >= 15 is 0 Å². The van der Waals surface area contributed by atoms with Gasteiger partial charge in [-0.25, -0.2) is 4.98 Å². The molecular weight excluding hydrogens is 258 g/mol. The summed E-state index contributed by atoms with van der Waals surface area (Å²) in [6.45, 7) is 13.9.